The van der Waals surface area contributed by atoms with E-state index >= 15 is 0 Å². The summed E-state index contributed by atoms with van der Waals surface area (Å²) in [5.41, 5.74) is 0.923. The van der Waals surface area contributed by atoms with E-state index in [2.05, 4.69) is 15.0 Å². The standard InChI is InChI=1S/C14H11F3N2O2/c15-14(16,17)21-12-3-1-2-11(8-12)13(20)19-9-10-4-6-18-7-5-10/h1-8H,9H2,(H,19,20). The molecule has 0 atom stereocenters. The van der Waals surface area contributed by atoms with Crippen LogP contribution in [0.5, 0.6) is 5.75 Å². The third kappa shape index (κ3) is 4.79. The van der Waals surface area contributed by atoms with E-state index in [-0.39, 0.29) is 12.1 Å². The van der Waals surface area contributed by atoms with Crippen LogP contribution in [0.25, 0.3) is 0 Å². The molecule has 1 amide bonds. The summed E-state index contributed by atoms with van der Waals surface area (Å²) < 4.78 is 40.1. The molecule has 21 heavy (non-hydrogen) atoms. The number of nitrogens with zero attached hydrogens (tertiary/aromatic N) is 1. The van der Waals surface area contributed by atoms with Crippen molar-refractivity contribution in [3.8, 4) is 5.75 Å². The average molecular weight is 296 g/mol. The SMILES string of the molecule is O=C(NCc1ccncc1)c1cccc(OC(F)(F)F)c1. The number of hydrogen-bond acceptors (Lipinski definition) is 3. The summed E-state index contributed by atoms with van der Waals surface area (Å²) >= 11 is 0. The molecule has 1 N–H and O–H groups in total. The maximum absolute atomic E-state index is 12.1. The number of alkyl halides is 3. The lowest BCUT2D eigenvalue weighted by molar-refractivity contribution is -0.274. The Morgan fingerprint density at radius 2 is 1.90 bits per heavy atom. The number of carbonyl (C=O) groups excluding carboxylic acids is 1. The van der Waals surface area contributed by atoms with Crippen LogP contribution in [-0.2, 0) is 6.54 Å². The van der Waals surface area contributed by atoms with Gasteiger partial charge in [-0.05, 0) is 35.9 Å². The minimum Gasteiger partial charge on any atom is -0.406 e. The third-order valence-electron chi connectivity index (χ3n) is 2.53. The van der Waals surface area contributed by atoms with E-state index in [0.29, 0.717) is 0 Å². The van der Waals surface area contributed by atoms with E-state index in [1.54, 1.807) is 24.5 Å². The van der Waals surface area contributed by atoms with Gasteiger partial charge in [0.05, 0.1) is 0 Å². The smallest absolute Gasteiger partial charge is 0.406 e. The van der Waals surface area contributed by atoms with E-state index in [0.717, 1.165) is 17.7 Å². The summed E-state index contributed by atoms with van der Waals surface area (Å²) in [6.45, 7) is 0.256. The van der Waals surface area contributed by atoms with Crippen molar-refractivity contribution >= 4 is 5.91 Å². The van der Waals surface area contributed by atoms with Crippen molar-refractivity contribution in [1.82, 2.24) is 10.3 Å². The highest BCUT2D eigenvalue weighted by atomic mass is 19.4. The van der Waals surface area contributed by atoms with Crippen molar-refractivity contribution in [3.63, 3.8) is 0 Å². The van der Waals surface area contributed by atoms with Crippen molar-refractivity contribution in [1.29, 1.82) is 0 Å². The minimum atomic E-state index is -4.79. The molecule has 4 nitrogen and oxygen atoms in total. The van der Waals surface area contributed by atoms with Crippen LogP contribution in [0.3, 0.4) is 0 Å². The molecule has 1 aromatic carbocycles. The lowest BCUT2D eigenvalue weighted by Crippen LogP contribution is -2.23. The molecule has 0 bridgehead atoms. The Balaban J connectivity index is 2.01. The maximum Gasteiger partial charge on any atom is 0.573 e. The quantitative estimate of drug-likeness (QED) is 0.943. The summed E-state index contributed by atoms with van der Waals surface area (Å²) in [4.78, 5) is 15.7. The van der Waals surface area contributed by atoms with Crippen molar-refractivity contribution in [2.75, 3.05) is 0 Å². The average Bonchev–Trinajstić information content (AvgIpc) is 2.44. The van der Waals surface area contributed by atoms with Gasteiger partial charge in [-0.3, -0.25) is 9.78 Å². The summed E-state index contributed by atoms with van der Waals surface area (Å²) in [6.07, 6.45) is -1.62. The molecule has 0 spiro atoms. The van der Waals surface area contributed by atoms with Crippen LogP contribution >= 0.6 is 0 Å². The molecule has 0 saturated heterocycles. The van der Waals surface area contributed by atoms with Gasteiger partial charge in [0.2, 0.25) is 0 Å². The van der Waals surface area contributed by atoms with Crippen molar-refractivity contribution < 1.29 is 22.7 Å². The molecule has 110 valence electrons. The van der Waals surface area contributed by atoms with E-state index in [4.69, 9.17) is 0 Å². The first-order chi connectivity index (χ1) is 9.94. The number of ether oxygens (including phenoxy) is 1. The van der Waals surface area contributed by atoms with Crippen LogP contribution in [0.1, 0.15) is 15.9 Å². The molecule has 0 aliphatic carbocycles. The number of amides is 1. The lowest BCUT2D eigenvalue weighted by Gasteiger charge is -2.10. The second-order valence-electron chi connectivity index (χ2n) is 4.11. The highest BCUT2D eigenvalue weighted by molar-refractivity contribution is 5.94. The van der Waals surface area contributed by atoms with E-state index in [1.165, 1.54) is 12.1 Å². The molecule has 1 heterocycles. The zero-order chi connectivity index (χ0) is 15.3. The second-order valence-corrected chi connectivity index (χ2v) is 4.11. The fourth-order valence-electron chi connectivity index (χ4n) is 1.62. The minimum absolute atomic E-state index is 0.0887. The molecule has 2 rings (SSSR count). The summed E-state index contributed by atoms with van der Waals surface area (Å²) in [6, 6.07) is 8.35. The number of carbonyl (C=O) groups is 1. The van der Waals surface area contributed by atoms with E-state index in [1.807, 2.05) is 0 Å². The number of pyridine rings is 1. The van der Waals surface area contributed by atoms with E-state index in [9.17, 15) is 18.0 Å². The Hall–Kier alpha value is -2.57. The molecular weight excluding hydrogens is 285 g/mol. The molecule has 7 heteroatoms. The molecule has 0 fully saturated rings. The van der Waals surface area contributed by atoms with Crippen LogP contribution in [0.15, 0.2) is 48.8 Å². The fourth-order valence-corrected chi connectivity index (χ4v) is 1.62. The number of benzene rings is 1. The largest absolute Gasteiger partial charge is 0.573 e. The van der Waals surface area contributed by atoms with Gasteiger partial charge in [0.25, 0.3) is 5.91 Å². The van der Waals surface area contributed by atoms with Crippen LogP contribution in [0, 0.1) is 0 Å². The Labute approximate surface area is 118 Å². The van der Waals surface area contributed by atoms with Crippen LogP contribution in [0.4, 0.5) is 13.2 Å². The predicted molar refractivity (Wildman–Crippen MR) is 68.5 cm³/mol. The molecule has 2 aromatic rings. The summed E-state index contributed by atoms with van der Waals surface area (Å²) in [5, 5.41) is 2.60. The summed E-state index contributed by atoms with van der Waals surface area (Å²) in [5.74, 6) is -0.918. The number of aromatic nitrogens is 1. The Morgan fingerprint density at radius 3 is 2.57 bits per heavy atom. The molecule has 0 unspecified atom stereocenters. The zero-order valence-corrected chi connectivity index (χ0v) is 10.7. The molecule has 0 saturated carbocycles. The van der Waals surface area contributed by atoms with Gasteiger partial charge in [0.15, 0.2) is 0 Å². The van der Waals surface area contributed by atoms with Gasteiger partial charge in [0.1, 0.15) is 5.75 Å². The van der Waals surface area contributed by atoms with Gasteiger partial charge in [0, 0.05) is 24.5 Å². The monoisotopic (exact) mass is 296 g/mol. The molecule has 1 aromatic heterocycles. The van der Waals surface area contributed by atoms with Gasteiger partial charge in [-0.15, -0.1) is 13.2 Å². The van der Waals surface area contributed by atoms with Crippen molar-refractivity contribution in [3.05, 3.63) is 59.9 Å². The maximum atomic E-state index is 12.1. The van der Waals surface area contributed by atoms with Gasteiger partial charge in [-0.2, -0.15) is 0 Å². The second kappa shape index (κ2) is 6.25. The van der Waals surface area contributed by atoms with Gasteiger partial charge < -0.3 is 10.1 Å². The molecule has 0 radical (unpaired) electrons. The number of rotatable bonds is 4. The van der Waals surface area contributed by atoms with Crippen molar-refractivity contribution in [2.45, 2.75) is 12.9 Å². The molecular formula is C14H11F3N2O2. The normalized spacial score (nSPS) is 11.0. The topological polar surface area (TPSA) is 51.2 Å². The van der Waals surface area contributed by atoms with Crippen molar-refractivity contribution in [2.24, 2.45) is 0 Å². The first-order valence-corrected chi connectivity index (χ1v) is 5.97. The summed E-state index contributed by atoms with van der Waals surface area (Å²) in [7, 11) is 0. The van der Waals surface area contributed by atoms with E-state index < -0.39 is 18.0 Å². The Morgan fingerprint density at radius 1 is 1.19 bits per heavy atom. The van der Waals surface area contributed by atoms with Crippen LogP contribution < -0.4 is 10.1 Å². The number of nitrogens with one attached hydrogen (secondary N) is 1. The highest BCUT2D eigenvalue weighted by Crippen LogP contribution is 2.23. The zero-order valence-electron chi connectivity index (χ0n) is 10.7. The van der Waals surface area contributed by atoms with Crippen LogP contribution in [-0.4, -0.2) is 17.3 Å². The van der Waals surface area contributed by atoms with Gasteiger partial charge in [-0.25, -0.2) is 0 Å². The van der Waals surface area contributed by atoms with Gasteiger partial charge >= 0.3 is 6.36 Å². The van der Waals surface area contributed by atoms with Gasteiger partial charge in [-0.1, -0.05) is 6.07 Å². The predicted octanol–water partition coefficient (Wildman–Crippen LogP) is 2.91. The lowest BCUT2D eigenvalue weighted by atomic mass is 10.2. The third-order valence-corrected chi connectivity index (χ3v) is 2.53. The first-order valence-electron chi connectivity index (χ1n) is 5.97. The number of halogens is 3. The highest BCUT2D eigenvalue weighted by Gasteiger charge is 2.31. The molecule has 0 aliphatic heterocycles. The molecule has 0 aliphatic rings. The fraction of sp³-hybridized carbons (Fsp3) is 0.143. The van der Waals surface area contributed by atoms with Crippen LogP contribution in [0.2, 0.25) is 0 Å². The first kappa shape index (κ1) is 14.8. The Bertz CT molecular complexity index is 615. The number of hydrogen-bond donors (Lipinski definition) is 1. The Kier molecular flexibility index (Phi) is 4.42.